The molecular weight excluding hydrogens is 322 g/mol. The van der Waals surface area contributed by atoms with Crippen LogP contribution in [0.15, 0.2) is 46.9 Å². The molecule has 0 heterocycles. The van der Waals surface area contributed by atoms with Gasteiger partial charge in [-0.25, -0.2) is 0 Å². The largest absolute Gasteiger partial charge is 0.488 e. The van der Waals surface area contributed by atoms with Crippen LogP contribution in [0.3, 0.4) is 0 Å². The molecule has 2 aromatic carbocycles. The lowest BCUT2D eigenvalue weighted by molar-refractivity contribution is 0.304. The molecule has 2 nitrogen and oxygen atoms in total. The number of halogens is 1. The van der Waals surface area contributed by atoms with Crippen molar-refractivity contribution in [2.24, 2.45) is 5.73 Å². The van der Waals surface area contributed by atoms with Crippen LogP contribution in [0.1, 0.15) is 16.7 Å². The van der Waals surface area contributed by atoms with Crippen LogP contribution in [0, 0.1) is 6.92 Å². The molecule has 0 fully saturated rings. The SMILES string of the molecule is Cc1ccc(OCc2cccc(C(N)=S)c2)c(Br)c1. The monoisotopic (exact) mass is 335 g/mol. The fraction of sp³-hybridized carbons (Fsp3) is 0.133. The maximum absolute atomic E-state index is 5.78. The molecule has 2 rings (SSSR count). The predicted molar refractivity (Wildman–Crippen MR) is 85.5 cm³/mol. The molecule has 0 saturated carbocycles. The van der Waals surface area contributed by atoms with Gasteiger partial charge in [-0.1, -0.05) is 36.5 Å². The summed E-state index contributed by atoms with van der Waals surface area (Å²) in [5, 5.41) is 0. The topological polar surface area (TPSA) is 35.2 Å². The zero-order valence-corrected chi connectivity index (χ0v) is 12.9. The summed E-state index contributed by atoms with van der Waals surface area (Å²) < 4.78 is 6.74. The van der Waals surface area contributed by atoms with Crippen molar-refractivity contribution < 1.29 is 4.74 Å². The first-order valence-electron chi connectivity index (χ1n) is 5.84. The summed E-state index contributed by atoms with van der Waals surface area (Å²) in [5.41, 5.74) is 8.70. The van der Waals surface area contributed by atoms with Crippen LogP contribution in [0.25, 0.3) is 0 Å². The molecule has 0 unspecified atom stereocenters. The van der Waals surface area contributed by atoms with Crippen molar-refractivity contribution in [1.29, 1.82) is 0 Å². The molecular formula is C15H14BrNOS. The highest BCUT2D eigenvalue weighted by atomic mass is 79.9. The van der Waals surface area contributed by atoms with Crippen molar-refractivity contribution in [3.8, 4) is 5.75 Å². The number of nitrogens with two attached hydrogens (primary N) is 1. The van der Waals surface area contributed by atoms with Gasteiger partial charge in [0.25, 0.3) is 0 Å². The molecule has 4 heteroatoms. The minimum atomic E-state index is 0.401. The minimum Gasteiger partial charge on any atom is -0.488 e. The maximum Gasteiger partial charge on any atom is 0.134 e. The highest BCUT2D eigenvalue weighted by Crippen LogP contribution is 2.26. The van der Waals surface area contributed by atoms with E-state index < -0.39 is 0 Å². The number of rotatable bonds is 4. The van der Waals surface area contributed by atoms with Gasteiger partial charge in [0.1, 0.15) is 17.3 Å². The van der Waals surface area contributed by atoms with E-state index in [0.29, 0.717) is 11.6 Å². The summed E-state index contributed by atoms with van der Waals surface area (Å²) in [6.45, 7) is 2.53. The number of hydrogen-bond donors (Lipinski definition) is 1. The Bertz CT molecular complexity index is 613. The van der Waals surface area contributed by atoms with Gasteiger partial charge in [0.2, 0.25) is 0 Å². The van der Waals surface area contributed by atoms with Crippen LogP contribution < -0.4 is 10.5 Å². The highest BCUT2D eigenvalue weighted by Gasteiger charge is 2.03. The Balaban J connectivity index is 2.10. The summed E-state index contributed by atoms with van der Waals surface area (Å²) in [4.78, 5) is 0.401. The van der Waals surface area contributed by atoms with Gasteiger partial charge in [0.05, 0.1) is 4.47 Å². The summed E-state index contributed by atoms with van der Waals surface area (Å²) >= 11 is 8.46. The maximum atomic E-state index is 5.78. The lowest BCUT2D eigenvalue weighted by atomic mass is 10.1. The van der Waals surface area contributed by atoms with Crippen LogP contribution in [0.2, 0.25) is 0 Å². The fourth-order valence-corrected chi connectivity index (χ4v) is 2.43. The Labute approximate surface area is 126 Å². The van der Waals surface area contributed by atoms with E-state index in [1.807, 2.05) is 49.4 Å². The Morgan fingerprint density at radius 3 is 2.74 bits per heavy atom. The van der Waals surface area contributed by atoms with Crippen LogP contribution in [0.5, 0.6) is 5.75 Å². The number of benzene rings is 2. The molecule has 0 spiro atoms. The van der Waals surface area contributed by atoms with E-state index in [9.17, 15) is 0 Å². The van der Waals surface area contributed by atoms with Crippen LogP contribution >= 0.6 is 28.1 Å². The molecule has 98 valence electrons. The Kier molecular flexibility index (Phi) is 4.56. The molecule has 0 amide bonds. The number of hydrogen-bond acceptors (Lipinski definition) is 2. The number of aryl methyl sites for hydroxylation is 1. The molecule has 19 heavy (non-hydrogen) atoms. The molecule has 0 radical (unpaired) electrons. The van der Waals surface area contributed by atoms with Gasteiger partial charge in [-0.2, -0.15) is 0 Å². The van der Waals surface area contributed by atoms with E-state index in [2.05, 4.69) is 15.9 Å². The molecule has 0 atom stereocenters. The highest BCUT2D eigenvalue weighted by molar-refractivity contribution is 9.10. The third-order valence-corrected chi connectivity index (χ3v) is 3.55. The van der Waals surface area contributed by atoms with Crippen LogP contribution in [0.4, 0.5) is 0 Å². The zero-order chi connectivity index (χ0) is 13.8. The lowest BCUT2D eigenvalue weighted by Crippen LogP contribution is -2.09. The average Bonchev–Trinajstić information content (AvgIpc) is 2.38. The second-order valence-corrected chi connectivity index (χ2v) is 5.58. The smallest absolute Gasteiger partial charge is 0.134 e. The second-order valence-electron chi connectivity index (χ2n) is 4.29. The third-order valence-electron chi connectivity index (χ3n) is 2.69. The van der Waals surface area contributed by atoms with Crippen LogP contribution in [-0.4, -0.2) is 4.99 Å². The van der Waals surface area contributed by atoms with Crippen LogP contribution in [-0.2, 0) is 6.61 Å². The van der Waals surface area contributed by atoms with Crippen molar-refractivity contribution in [3.05, 3.63) is 63.6 Å². The molecule has 0 bridgehead atoms. The van der Waals surface area contributed by atoms with Crippen molar-refractivity contribution >= 4 is 33.1 Å². The second kappa shape index (κ2) is 6.17. The molecule has 0 saturated heterocycles. The van der Waals surface area contributed by atoms with Crippen molar-refractivity contribution in [2.45, 2.75) is 13.5 Å². The zero-order valence-electron chi connectivity index (χ0n) is 10.5. The molecule has 0 aromatic heterocycles. The number of thiocarbonyl (C=S) groups is 1. The Morgan fingerprint density at radius 2 is 2.05 bits per heavy atom. The van der Waals surface area contributed by atoms with Gasteiger partial charge in [-0.15, -0.1) is 0 Å². The first kappa shape index (κ1) is 14.0. The first-order valence-corrected chi connectivity index (χ1v) is 7.04. The Hall–Kier alpha value is -1.39. The molecule has 0 aliphatic rings. The van der Waals surface area contributed by atoms with Crippen molar-refractivity contribution in [1.82, 2.24) is 0 Å². The quantitative estimate of drug-likeness (QED) is 0.858. The van der Waals surface area contributed by atoms with Gasteiger partial charge in [-0.3, -0.25) is 0 Å². The van der Waals surface area contributed by atoms with Gasteiger partial charge in [0, 0.05) is 5.56 Å². The molecule has 0 aliphatic carbocycles. The van der Waals surface area contributed by atoms with Gasteiger partial charge in [-0.05, 0) is 52.2 Å². The average molecular weight is 336 g/mol. The van der Waals surface area contributed by atoms with Crippen molar-refractivity contribution in [3.63, 3.8) is 0 Å². The predicted octanol–water partition coefficient (Wildman–Crippen LogP) is 3.97. The first-order chi connectivity index (χ1) is 9.06. The summed E-state index contributed by atoms with van der Waals surface area (Å²) in [7, 11) is 0. The van der Waals surface area contributed by atoms with E-state index in [0.717, 1.165) is 21.3 Å². The summed E-state index contributed by atoms with van der Waals surface area (Å²) in [6.07, 6.45) is 0. The van der Waals surface area contributed by atoms with Gasteiger partial charge >= 0.3 is 0 Å². The van der Waals surface area contributed by atoms with E-state index >= 15 is 0 Å². The normalized spacial score (nSPS) is 10.2. The van der Waals surface area contributed by atoms with E-state index in [4.69, 9.17) is 22.7 Å². The van der Waals surface area contributed by atoms with Gasteiger partial charge < -0.3 is 10.5 Å². The lowest BCUT2D eigenvalue weighted by Gasteiger charge is -2.09. The summed E-state index contributed by atoms with van der Waals surface area (Å²) in [5.74, 6) is 0.825. The summed E-state index contributed by atoms with van der Waals surface area (Å²) in [6, 6.07) is 13.8. The van der Waals surface area contributed by atoms with E-state index in [1.54, 1.807) is 0 Å². The van der Waals surface area contributed by atoms with Gasteiger partial charge in [0.15, 0.2) is 0 Å². The third kappa shape index (κ3) is 3.78. The minimum absolute atomic E-state index is 0.401. The molecule has 2 aromatic rings. The Morgan fingerprint density at radius 1 is 1.26 bits per heavy atom. The molecule has 0 aliphatic heterocycles. The van der Waals surface area contributed by atoms with Crippen molar-refractivity contribution in [2.75, 3.05) is 0 Å². The molecule has 2 N–H and O–H groups in total. The standard InChI is InChI=1S/C15H14BrNOS/c1-10-5-6-14(13(16)7-10)18-9-11-3-2-4-12(8-11)15(17)19/h2-8H,9H2,1H3,(H2,17,19). The number of ether oxygens (including phenoxy) is 1. The van der Waals surface area contributed by atoms with E-state index in [-0.39, 0.29) is 0 Å². The van der Waals surface area contributed by atoms with E-state index in [1.165, 1.54) is 5.56 Å². The fourth-order valence-electron chi connectivity index (χ4n) is 1.70.